The van der Waals surface area contributed by atoms with Gasteiger partial charge in [-0.1, -0.05) is 11.8 Å². The van der Waals surface area contributed by atoms with Gasteiger partial charge < -0.3 is 17.2 Å². The highest BCUT2D eigenvalue weighted by atomic mass is 32.2. The summed E-state index contributed by atoms with van der Waals surface area (Å²) in [6, 6.07) is 1.52. The van der Waals surface area contributed by atoms with Crippen molar-refractivity contribution >= 4 is 50.8 Å². The maximum Gasteiger partial charge on any atom is 0.192 e. The number of rotatable bonds is 3. The van der Waals surface area contributed by atoms with Crippen molar-refractivity contribution in [3.8, 4) is 0 Å². The highest BCUT2D eigenvalue weighted by Crippen LogP contribution is 2.36. The van der Waals surface area contributed by atoms with Gasteiger partial charge in [-0.3, -0.25) is 0 Å². The van der Waals surface area contributed by atoms with Crippen LogP contribution in [0.25, 0.3) is 10.2 Å². The fourth-order valence-corrected chi connectivity index (χ4v) is 4.09. The van der Waals surface area contributed by atoms with Crippen LogP contribution < -0.4 is 17.2 Å². The number of anilines is 3. The smallest absolute Gasteiger partial charge is 0.192 e. The van der Waals surface area contributed by atoms with E-state index >= 15 is 0 Å². The Morgan fingerprint density at radius 1 is 1.04 bits per heavy atom. The van der Waals surface area contributed by atoms with E-state index in [1.54, 1.807) is 11.3 Å². The van der Waals surface area contributed by atoms with Crippen molar-refractivity contribution in [3.63, 3.8) is 0 Å². The zero-order chi connectivity index (χ0) is 16.7. The molecule has 0 bridgehead atoms. The molecule has 0 fully saturated rings. The van der Waals surface area contributed by atoms with Gasteiger partial charge in [0.05, 0.1) is 10.6 Å². The summed E-state index contributed by atoms with van der Waals surface area (Å²) in [6.07, 6.45) is 0. The van der Waals surface area contributed by atoms with E-state index in [1.807, 2.05) is 13.8 Å². The summed E-state index contributed by atoms with van der Waals surface area (Å²) in [5.41, 5.74) is 18.7. The van der Waals surface area contributed by atoms with Gasteiger partial charge in [0, 0.05) is 10.9 Å². The van der Waals surface area contributed by atoms with Crippen LogP contribution in [0.1, 0.15) is 28.4 Å². The van der Waals surface area contributed by atoms with E-state index in [0.717, 1.165) is 15.8 Å². The van der Waals surface area contributed by atoms with Crippen LogP contribution in [0.3, 0.4) is 0 Å². The lowest BCUT2D eigenvalue weighted by Crippen LogP contribution is -2.04. The number of nitrogens with two attached hydrogens (primary N) is 3. The Hall–Kier alpha value is -2.13. The lowest BCUT2D eigenvalue weighted by atomic mass is 10.2. The number of nitrogens with zero attached hydrogens (tertiary/aromatic N) is 4. The Bertz CT molecular complexity index is 870. The van der Waals surface area contributed by atoms with E-state index in [-0.39, 0.29) is 5.25 Å². The predicted octanol–water partition coefficient (Wildman–Crippen LogP) is 2.70. The minimum atomic E-state index is -0.0781. The molecule has 1 atom stereocenters. The van der Waals surface area contributed by atoms with Crippen molar-refractivity contribution in [1.29, 1.82) is 0 Å². The second-order valence-corrected chi connectivity index (χ2v) is 7.70. The lowest BCUT2D eigenvalue weighted by Gasteiger charge is -2.10. The number of thioether (sulfide) groups is 1. The van der Waals surface area contributed by atoms with Gasteiger partial charge in [-0.2, -0.15) is 0 Å². The minimum Gasteiger partial charge on any atom is -0.383 e. The van der Waals surface area contributed by atoms with Crippen LogP contribution in [0.2, 0.25) is 0 Å². The maximum absolute atomic E-state index is 6.13. The number of aromatic nitrogens is 4. The molecule has 3 aromatic rings. The van der Waals surface area contributed by atoms with Crippen LogP contribution in [0, 0.1) is 13.8 Å². The summed E-state index contributed by atoms with van der Waals surface area (Å²) < 4.78 is 0. The van der Waals surface area contributed by atoms with Crippen molar-refractivity contribution in [3.05, 3.63) is 22.3 Å². The quantitative estimate of drug-likeness (QED) is 0.487. The van der Waals surface area contributed by atoms with Crippen LogP contribution in [0.4, 0.5) is 17.5 Å². The van der Waals surface area contributed by atoms with Gasteiger partial charge in [-0.15, -0.1) is 11.3 Å². The van der Waals surface area contributed by atoms with Gasteiger partial charge in [0.2, 0.25) is 0 Å². The highest BCUT2D eigenvalue weighted by molar-refractivity contribution is 7.99. The summed E-state index contributed by atoms with van der Waals surface area (Å²) in [7, 11) is 0. The number of hydrogen-bond acceptors (Lipinski definition) is 9. The summed E-state index contributed by atoms with van der Waals surface area (Å²) in [6.45, 7) is 6.07. The summed E-state index contributed by atoms with van der Waals surface area (Å²) in [5.74, 6) is 1.83. The second kappa shape index (κ2) is 5.82. The lowest BCUT2D eigenvalue weighted by molar-refractivity contribution is 0.919. The third-order valence-corrected chi connectivity index (χ3v) is 5.52. The molecule has 3 rings (SSSR count). The van der Waals surface area contributed by atoms with Crippen LogP contribution in [0.15, 0.2) is 11.2 Å². The number of fused-ring (bicyclic) bond motifs is 1. The number of hydrogen-bond donors (Lipinski definition) is 3. The Labute approximate surface area is 141 Å². The molecule has 0 spiro atoms. The highest BCUT2D eigenvalue weighted by Gasteiger charge is 2.18. The molecule has 120 valence electrons. The molecule has 0 aromatic carbocycles. The normalized spacial score (nSPS) is 12.7. The summed E-state index contributed by atoms with van der Waals surface area (Å²) in [4.78, 5) is 19.5. The van der Waals surface area contributed by atoms with Gasteiger partial charge >= 0.3 is 0 Å². The Kier molecular flexibility index (Phi) is 3.99. The first-order valence-electron chi connectivity index (χ1n) is 6.95. The largest absolute Gasteiger partial charge is 0.383 e. The molecule has 3 heterocycles. The summed E-state index contributed by atoms with van der Waals surface area (Å²) >= 11 is 3.02. The molecular weight excluding hydrogens is 330 g/mol. The van der Waals surface area contributed by atoms with Crippen molar-refractivity contribution in [1.82, 2.24) is 19.9 Å². The van der Waals surface area contributed by atoms with E-state index in [1.165, 1.54) is 22.7 Å². The standard InChI is InChI=1S/C14H17N7S2/c1-5-6(2)22-13-10(5)11(17)20-12(21-13)7(3)23-14-18-8(15)4-9(16)19-14/h4,7H,1-3H3,(H2,17,20,21)(H4,15,16,18,19)/t7-/m0/s1. The van der Waals surface area contributed by atoms with E-state index in [2.05, 4.69) is 26.9 Å². The molecular formula is C14H17N7S2. The topological polar surface area (TPSA) is 130 Å². The fourth-order valence-electron chi connectivity index (χ4n) is 2.21. The average Bonchev–Trinajstić information content (AvgIpc) is 2.73. The molecule has 7 nitrogen and oxygen atoms in total. The second-order valence-electron chi connectivity index (χ2n) is 5.19. The zero-order valence-electron chi connectivity index (χ0n) is 13.0. The molecule has 3 aromatic heterocycles. The summed E-state index contributed by atoms with van der Waals surface area (Å²) in [5, 5.41) is 1.36. The van der Waals surface area contributed by atoms with E-state index in [4.69, 9.17) is 17.2 Å². The van der Waals surface area contributed by atoms with Crippen molar-refractivity contribution in [2.75, 3.05) is 17.2 Å². The fraction of sp³-hybridized carbons (Fsp3) is 0.286. The van der Waals surface area contributed by atoms with Gasteiger partial charge in [0.25, 0.3) is 0 Å². The number of thiophene rings is 1. The van der Waals surface area contributed by atoms with Crippen molar-refractivity contribution < 1.29 is 0 Å². The molecule has 0 aliphatic carbocycles. The van der Waals surface area contributed by atoms with Gasteiger partial charge in [0.15, 0.2) is 5.16 Å². The molecule has 9 heteroatoms. The molecule has 0 aliphatic rings. The van der Waals surface area contributed by atoms with Gasteiger partial charge in [0.1, 0.15) is 28.1 Å². The van der Waals surface area contributed by atoms with Crippen molar-refractivity contribution in [2.45, 2.75) is 31.2 Å². The van der Waals surface area contributed by atoms with Crippen LogP contribution in [-0.2, 0) is 0 Å². The molecule has 0 saturated heterocycles. The maximum atomic E-state index is 6.13. The number of aryl methyl sites for hydroxylation is 2. The van der Waals surface area contributed by atoms with Gasteiger partial charge in [-0.05, 0) is 26.3 Å². The molecule has 0 radical (unpaired) electrons. The van der Waals surface area contributed by atoms with E-state index < -0.39 is 0 Å². The van der Waals surface area contributed by atoms with Crippen molar-refractivity contribution in [2.24, 2.45) is 0 Å². The molecule has 0 saturated carbocycles. The van der Waals surface area contributed by atoms with Crippen LogP contribution in [-0.4, -0.2) is 19.9 Å². The van der Waals surface area contributed by atoms with Crippen LogP contribution in [0.5, 0.6) is 0 Å². The first-order valence-corrected chi connectivity index (χ1v) is 8.64. The SMILES string of the molecule is Cc1sc2nc([C@H](C)Sc3nc(N)cc(N)n3)nc(N)c2c1C. The Morgan fingerprint density at radius 2 is 1.70 bits per heavy atom. The first kappa shape index (κ1) is 15.8. The average molecular weight is 347 g/mol. The number of nitrogen functional groups attached to an aromatic ring is 3. The minimum absolute atomic E-state index is 0.0781. The van der Waals surface area contributed by atoms with E-state index in [9.17, 15) is 0 Å². The first-order chi connectivity index (χ1) is 10.8. The molecule has 0 amide bonds. The molecule has 0 unspecified atom stereocenters. The predicted molar refractivity (Wildman–Crippen MR) is 96.4 cm³/mol. The van der Waals surface area contributed by atoms with Gasteiger partial charge in [-0.25, -0.2) is 19.9 Å². The Balaban J connectivity index is 1.96. The molecule has 6 N–H and O–H groups in total. The van der Waals surface area contributed by atoms with Crippen LogP contribution >= 0.6 is 23.1 Å². The molecule has 0 aliphatic heterocycles. The third kappa shape index (κ3) is 3.02. The monoisotopic (exact) mass is 347 g/mol. The Morgan fingerprint density at radius 3 is 2.35 bits per heavy atom. The zero-order valence-corrected chi connectivity index (χ0v) is 14.6. The van der Waals surface area contributed by atoms with E-state index in [0.29, 0.717) is 28.4 Å². The third-order valence-electron chi connectivity index (χ3n) is 3.47. The molecule has 23 heavy (non-hydrogen) atoms.